The van der Waals surface area contributed by atoms with Crippen molar-refractivity contribution in [1.29, 1.82) is 0 Å². The number of pyridine rings is 1. The van der Waals surface area contributed by atoms with E-state index in [9.17, 15) is 4.79 Å². The number of amides is 1. The summed E-state index contributed by atoms with van der Waals surface area (Å²) in [6.45, 7) is 5.57. The molecular formula is C12H16ClN3O2. The van der Waals surface area contributed by atoms with Gasteiger partial charge in [0, 0.05) is 18.7 Å². The number of halogens is 1. The zero-order chi connectivity index (χ0) is 13.3. The third-order valence-corrected chi connectivity index (χ3v) is 2.97. The minimum atomic E-state index is -0.323. The lowest BCUT2D eigenvalue weighted by Crippen LogP contribution is -2.50. The second kappa shape index (κ2) is 4.74. The summed E-state index contributed by atoms with van der Waals surface area (Å²) in [6, 6.07) is 3.07. The van der Waals surface area contributed by atoms with Gasteiger partial charge in [-0.1, -0.05) is 11.6 Å². The molecular weight excluding hydrogens is 254 g/mol. The van der Waals surface area contributed by atoms with Crippen molar-refractivity contribution in [3.05, 3.63) is 22.8 Å². The number of carbonyl (C=O) groups is 1. The highest BCUT2D eigenvalue weighted by molar-refractivity contribution is 6.29. The number of hydrogen-bond donors (Lipinski definition) is 1. The Morgan fingerprint density at radius 1 is 1.56 bits per heavy atom. The lowest BCUT2D eigenvalue weighted by molar-refractivity contribution is -0.0764. The second-order valence-corrected chi connectivity index (χ2v) is 5.33. The average Bonchev–Trinajstić information content (AvgIpc) is 2.25. The van der Waals surface area contributed by atoms with E-state index in [0.29, 0.717) is 25.3 Å². The maximum Gasteiger partial charge on any atom is 0.254 e. The molecule has 2 N–H and O–H groups in total. The van der Waals surface area contributed by atoms with Crippen LogP contribution in [0.15, 0.2) is 12.1 Å². The summed E-state index contributed by atoms with van der Waals surface area (Å²) in [6.07, 6.45) is 0. The lowest BCUT2D eigenvalue weighted by Gasteiger charge is -2.38. The fourth-order valence-corrected chi connectivity index (χ4v) is 2.23. The molecule has 0 aliphatic carbocycles. The molecule has 1 aliphatic rings. The first-order valence-corrected chi connectivity index (χ1v) is 6.11. The van der Waals surface area contributed by atoms with Gasteiger partial charge in [-0.3, -0.25) is 4.79 Å². The van der Waals surface area contributed by atoms with E-state index < -0.39 is 0 Å². The van der Waals surface area contributed by atoms with Gasteiger partial charge in [-0.2, -0.15) is 0 Å². The van der Waals surface area contributed by atoms with Crippen molar-refractivity contribution in [2.75, 3.05) is 25.4 Å². The highest BCUT2D eigenvalue weighted by Crippen LogP contribution is 2.20. The quantitative estimate of drug-likeness (QED) is 0.786. The Morgan fingerprint density at radius 3 is 2.89 bits per heavy atom. The summed E-state index contributed by atoms with van der Waals surface area (Å²) in [5, 5.41) is 0.228. The first kappa shape index (κ1) is 13.1. The number of carbonyl (C=O) groups excluding carboxylic acids is 1. The summed E-state index contributed by atoms with van der Waals surface area (Å²) in [5.41, 5.74) is 5.73. The van der Waals surface area contributed by atoms with Crippen LogP contribution in [-0.2, 0) is 4.74 Å². The Bertz CT molecular complexity index is 456. The molecule has 1 aromatic heterocycles. The zero-order valence-corrected chi connectivity index (χ0v) is 11.2. The van der Waals surface area contributed by atoms with Crippen molar-refractivity contribution in [1.82, 2.24) is 9.88 Å². The van der Waals surface area contributed by atoms with Crippen LogP contribution in [0.25, 0.3) is 0 Å². The molecule has 0 saturated carbocycles. The van der Waals surface area contributed by atoms with Crippen molar-refractivity contribution in [2.45, 2.75) is 19.4 Å². The lowest BCUT2D eigenvalue weighted by atomic mass is 10.1. The van der Waals surface area contributed by atoms with Crippen LogP contribution in [0.4, 0.5) is 5.82 Å². The van der Waals surface area contributed by atoms with Crippen LogP contribution in [0, 0.1) is 0 Å². The molecule has 0 aromatic carbocycles. The highest BCUT2D eigenvalue weighted by atomic mass is 35.5. The first-order chi connectivity index (χ1) is 8.37. The van der Waals surface area contributed by atoms with Gasteiger partial charge >= 0.3 is 0 Å². The number of nitrogen functional groups attached to an aromatic ring is 1. The fourth-order valence-electron chi connectivity index (χ4n) is 2.01. The maximum atomic E-state index is 12.3. The van der Waals surface area contributed by atoms with Crippen LogP contribution in [-0.4, -0.2) is 41.1 Å². The van der Waals surface area contributed by atoms with Crippen LogP contribution >= 0.6 is 11.6 Å². The number of ether oxygens (including phenoxy) is 1. The Hall–Kier alpha value is -1.33. The van der Waals surface area contributed by atoms with Crippen molar-refractivity contribution < 1.29 is 9.53 Å². The molecule has 1 amide bonds. The summed E-state index contributed by atoms with van der Waals surface area (Å²) in [4.78, 5) is 17.9. The molecule has 2 heterocycles. The van der Waals surface area contributed by atoms with Crippen molar-refractivity contribution >= 4 is 23.3 Å². The van der Waals surface area contributed by atoms with Gasteiger partial charge in [0.1, 0.15) is 11.0 Å². The zero-order valence-electron chi connectivity index (χ0n) is 10.4. The predicted molar refractivity (Wildman–Crippen MR) is 69.6 cm³/mol. The number of hydrogen-bond acceptors (Lipinski definition) is 4. The molecule has 98 valence electrons. The van der Waals surface area contributed by atoms with Crippen LogP contribution in [0.5, 0.6) is 0 Å². The summed E-state index contributed by atoms with van der Waals surface area (Å²) < 4.78 is 5.57. The molecule has 5 nitrogen and oxygen atoms in total. The molecule has 18 heavy (non-hydrogen) atoms. The van der Waals surface area contributed by atoms with E-state index in [1.165, 1.54) is 12.1 Å². The Labute approximate surface area is 111 Å². The predicted octanol–water partition coefficient (Wildman–Crippen LogP) is 1.57. The number of aromatic nitrogens is 1. The molecule has 0 radical (unpaired) electrons. The molecule has 1 saturated heterocycles. The second-order valence-electron chi connectivity index (χ2n) is 4.94. The number of morpholine rings is 1. The number of anilines is 1. The molecule has 0 spiro atoms. The van der Waals surface area contributed by atoms with E-state index in [1.807, 2.05) is 13.8 Å². The first-order valence-electron chi connectivity index (χ1n) is 5.74. The van der Waals surface area contributed by atoms with Crippen LogP contribution in [0.2, 0.25) is 5.15 Å². The van der Waals surface area contributed by atoms with E-state index >= 15 is 0 Å². The highest BCUT2D eigenvalue weighted by Gasteiger charge is 2.30. The normalized spacial score (nSPS) is 18.7. The number of nitrogens with zero attached hydrogens (tertiary/aromatic N) is 2. The van der Waals surface area contributed by atoms with Crippen molar-refractivity contribution in [2.24, 2.45) is 0 Å². The van der Waals surface area contributed by atoms with Crippen molar-refractivity contribution in [3.63, 3.8) is 0 Å². The SMILES string of the molecule is CC1(C)CN(C(=O)c2cc(N)nc(Cl)c2)CCO1. The van der Waals surface area contributed by atoms with E-state index in [-0.39, 0.29) is 22.5 Å². The Balaban J connectivity index is 2.20. The number of rotatable bonds is 1. The Kier molecular flexibility index (Phi) is 3.45. The number of nitrogens with two attached hydrogens (primary N) is 1. The van der Waals surface area contributed by atoms with Crippen LogP contribution in [0.3, 0.4) is 0 Å². The minimum absolute atomic E-state index is 0.0950. The van der Waals surface area contributed by atoms with E-state index in [2.05, 4.69) is 4.98 Å². The molecule has 0 bridgehead atoms. The van der Waals surface area contributed by atoms with Gasteiger partial charge in [0.2, 0.25) is 0 Å². The van der Waals surface area contributed by atoms with Gasteiger partial charge in [0.15, 0.2) is 0 Å². The van der Waals surface area contributed by atoms with Gasteiger partial charge in [0.25, 0.3) is 5.91 Å². The van der Waals surface area contributed by atoms with Gasteiger partial charge in [-0.15, -0.1) is 0 Å². The van der Waals surface area contributed by atoms with Gasteiger partial charge in [0.05, 0.1) is 12.2 Å². The Morgan fingerprint density at radius 2 is 2.28 bits per heavy atom. The van der Waals surface area contributed by atoms with E-state index in [4.69, 9.17) is 22.1 Å². The topological polar surface area (TPSA) is 68.5 Å². The van der Waals surface area contributed by atoms with Crippen LogP contribution in [0.1, 0.15) is 24.2 Å². The van der Waals surface area contributed by atoms with Gasteiger partial charge in [-0.25, -0.2) is 4.98 Å². The van der Waals surface area contributed by atoms with Gasteiger partial charge in [-0.05, 0) is 26.0 Å². The van der Waals surface area contributed by atoms with Crippen molar-refractivity contribution in [3.8, 4) is 0 Å². The molecule has 1 fully saturated rings. The van der Waals surface area contributed by atoms with Crippen LogP contribution < -0.4 is 5.73 Å². The maximum absolute atomic E-state index is 12.3. The third kappa shape index (κ3) is 2.91. The van der Waals surface area contributed by atoms with E-state index in [1.54, 1.807) is 4.90 Å². The summed E-state index contributed by atoms with van der Waals surface area (Å²) in [7, 11) is 0. The minimum Gasteiger partial charge on any atom is -0.384 e. The molecule has 1 aliphatic heterocycles. The third-order valence-electron chi connectivity index (χ3n) is 2.77. The fraction of sp³-hybridized carbons (Fsp3) is 0.500. The molecule has 1 aromatic rings. The molecule has 0 unspecified atom stereocenters. The standard InChI is InChI=1S/C12H16ClN3O2/c1-12(2)7-16(3-4-18-12)11(17)8-5-9(13)15-10(14)6-8/h5-6H,3-4,7H2,1-2H3,(H2,14,15). The van der Waals surface area contributed by atoms with Gasteiger partial charge < -0.3 is 15.4 Å². The summed E-state index contributed by atoms with van der Waals surface area (Å²) >= 11 is 5.80. The largest absolute Gasteiger partial charge is 0.384 e. The molecule has 0 atom stereocenters. The average molecular weight is 270 g/mol. The summed E-state index contributed by atoms with van der Waals surface area (Å²) in [5.74, 6) is 0.153. The van der Waals surface area contributed by atoms with E-state index in [0.717, 1.165) is 0 Å². The smallest absolute Gasteiger partial charge is 0.254 e. The molecule has 6 heteroatoms. The monoisotopic (exact) mass is 269 g/mol. The molecule has 2 rings (SSSR count).